The SMILES string of the molecule is O=C(COc1ccc(Cl)cc1)N1CCCN(c2nc(Cc3ccccc3)nc3c2cnn3-c2ccccc2)CC1. The Hall–Kier alpha value is -4.43. The molecule has 3 heterocycles. The second kappa shape index (κ2) is 11.8. The van der Waals surface area contributed by atoms with E-state index in [0.717, 1.165) is 46.9 Å². The van der Waals surface area contributed by atoms with E-state index in [1.807, 2.05) is 64.3 Å². The molecule has 0 bridgehead atoms. The summed E-state index contributed by atoms with van der Waals surface area (Å²) in [6.45, 7) is 2.66. The summed E-state index contributed by atoms with van der Waals surface area (Å²) in [6.07, 6.45) is 3.28. The first-order chi connectivity index (χ1) is 19.6. The molecule has 0 N–H and O–H groups in total. The number of hydrogen-bond acceptors (Lipinski definition) is 6. The number of aromatic nitrogens is 4. The molecule has 1 amide bonds. The highest BCUT2D eigenvalue weighted by Crippen LogP contribution is 2.27. The number of anilines is 1. The summed E-state index contributed by atoms with van der Waals surface area (Å²) in [7, 11) is 0. The minimum atomic E-state index is -0.0358. The number of fused-ring (bicyclic) bond motifs is 1. The number of rotatable bonds is 7. The first kappa shape index (κ1) is 25.8. The maximum atomic E-state index is 13.0. The highest BCUT2D eigenvalue weighted by molar-refractivity contribution is 6.30. The highest BCUT2D eigenvalue weighted by Gasteiger charge is 2.24. The molecular formula is C31H29ClN6O2. The zero-order valence-electron chi connectivity index (χ0n) is 22.0. The van der Waals surface area contributed by atoms with Crippen LogP contribution in [0, 0.1) is 0 Å². The zero-order valence-corrected chi connectivity index (χ0v) is 22.7. The molecule has 0 saturated carbocycles. The molecule has 0 atom stereocenters. The van der Waals surface area contributed by atoms with Crippen molar-refractivity contribution in [1.29, 1.82) is 0 Å². The molecule has 9 heteroatoms. The second-order valence-electron chi connectivity index (χ2n) is 9.72. The van der Waals surface area contributed by atoms with Crippen LogP contribution >= 0.6 is 11.6 Å². The first-order valence-corrected chi connectivity index (χ1v) is 13.8. The summed E-state index contributed by atoms with van der Waals surface area (Å²) in [5, 5.41) is 6.22. The lowest BCUT2D eigenvalue weighted by Gasteiger charge is -2.24. The number of ether oxygens (including phenoxy) is 1. The molecule has 8 nitrogen and oxygen atoms in total. The number of hydrogen-bond donors (Lipinski definition) is 0. The van der Waals surface area contributed by atoms with E-state index in [1.54, 1.807) is 24.3 Å². The van der Waals surface area contributed by atoms with Crippen molar-refractivity contribution in [2.24, 2.45) is 0 Å². The van der Waals surface area contributed by atoms with Gasteiger partial charge in [-0.3, -0.25) is 4.79 Å². The van der Waals surface area contributed by atoms with Crippen LogP contribution in [0.15, 0.2) is 91.1 Å². The van der Waals surface area contributed by atoms with E-state index in [9.17, 15) is 4.79 Å². The third kappa shape index (κ3) is 5.77. The van der Waals surface area contributed by atoms with E-state index in [1.165, 1.54) is 0 Å². The zero-order chi connectivity index (χ0) is 27.3. The molecule has 6 rings (SSSR count). The number of nitrogens with zero attached hydrogens (tertiary/aromatic N) is 6. The summed E-state index contributed by atoms with van der Waals surface area (Å²) < 4.78 is 7.58. The Morgan fingerprint density at radius 1 is 0.850 bits per heavy atom. The number of para-hydroxylation sites is 1. The Kier molecular flexibility index (Phi) is 7.59. The Morgan fingerprint density at radius 3 is 2.38 bits per heavy atom. The summed E-state index contributed by atoms with van der Waals surface area (Å²) in [4.78, 5) is 27.1. The summed E-state index contributed by atoms with van der Waals surface area (Å²) in [5.74, 6) is 2.18. The number of amides is 1. The monoisotopic (exact) mass is 552 g/mol. The molecule has 0 spiro atoms. The molecule has 202 valence electrons. The lowest BCUT2D eigenvalue weighted by atomic mass is 10.1. The maximum Gasteiger partial charge on any atom is 0.260 e. The Balaban J connectivity index is 1.25. The third-order valence-electron chi connectivity index (χ3n) is 6.98. The number of benzene rings is 3. The molecule has 40 heavy (non-hydrogen) atoms. The Bertz CT molecular complexity index is 1590. The van der Waals surface area contributed by atoms with Crippen molar-refractivity contribution in [3.63, 3.8) is 0 Å². The lowest BCUT2D eigenvalue weighted by molar-refractivity contribution is -0.133. The summed E-state index contributed by atoms with van der Waals surface area (Å²) >= 11 is 5.95. The topological polar surface area (TPSA) is 76.4 Å². The molecule has 0 aliphatic carbocycles. The summed E-state index contributed by atoms with van der Waals surface area (Å²) in [5.41, 5.74) is 2.86. The van der Waals surface area contributed by atoms with Gasteiger partial charge in [0, 0.05) is 37.6 Å². The van der Waals surface area contributed by atoms with Gasteiger partial charge < -0.3 is 14.5 Å². The minimum absolute atomic E-state index is 0.00947. The van der Waals surface area contributed by atoms with Gasteiger partial charge in [0.05, 0.1) is 17.3 Å². The van der Waals surface area contributed by atoms with Crippen molar-refractivity contribution >= 4 is 34.4 Å². The van der Waals surface area contributed by atoms with Gasteiger partial charge in [-0.1, -0.05) is 60.1 Å². The molecule has 5 aromatic rings. The molecule has 1 aliphatic heterocycles. The van der Waals surface area contributed by atoms with E-state index in [4.69, 9.17) is 31.4 Å². The second-order valence-corrected chi connectivity index (χ2v) is 10.2. The summed E-state index contributed by atoms with van der Waals surface area (Å²) in [6, 6.07) is 27.3. The molecule has 1 aliphatic rings. The van der Waals surface area contributed by atoms with E-state index < -0.39 is 0 Å². The lowest BCUT2D eigenvalue weighted by Crippen LogP contribution is -2.38. The van der Waals surface area contributed by atoms with Crippen molar-refractivity contribution < 1.29 is 9.53 Å². The third-order valence-corrected chi connectivity index (χ3v) is 7.24. The van der Waals surface area contributed by atoms with Gasteiger partial charge >= 0.3 is 0 Å². The standard InChI is InChI=1S/C31H29ClN6O2/c32-24-12-14-26(15-13-24)40-22-29(39)36-16-7-17-37(19-18-36)30-27-21-33-38(25-10-5-2-6-11-25)31(27)35-28(34-30)20-23-8-3-1-4-9-23/h1-6,8-15,21H,7,16-20,22H2. The molecule has 1 saturated heterocycles. The van der Waals surface area contributed by atoms with Gasteiger partial charge in [0.1, 0.15) is 17.4 Å². The average molecular weight is 553 g/mol. The van der Waals surface area contributed by atoms with Gasteiger partial charge in [0.2, 0.25) is 0 Å². The van der Waals surface area contributed by atoms with E-state index >= 15 is 0 Å². The van der Waals surface area contributed by atoms with Gasteiger partial charge in [-0.05, 0) is 48.4 Å². The fraction of sp³-hybridized carbons (Fsp3) is 0.226. The smallest absolute Gasteiger partial charge is 0.260 e. The number of carbonyl (C=O) groups excluding carboxylic acids is 1. The Morgan fingerprint density at radius 2 is 1.60 bits per heavy atom. The van der Waals surface area contributed by atoms with Crippen LogP contribution in [0.2, 0.25) is 5.02 Å². The van der Waals surface area contributed by atoms with Crippen LogP contribution in [-0.4, -0.2) is 63.3 Å². The number of carbonyl (C=O) groups is 1. The van der Waals surface area contributed by atoms with E-state index in [0.29, 0.717) is 36.8 Å². The van der Waals surface area contributed by atoms with E-state index in [-0.39, 0.29) is 12.5 Å². The average Bonchev–Trinajstić information content (AvgIpc) is 3.26. The van der Waals surface area contributed by atoms with Crippen LogP contribution in [0.4, 0.5) is 5.82 Å². The van der Waals surface area contributed by atoms with Crippen molar-refractivity contribution in [3.05, 3.63) is 108 Å². The van der Waals surface area contributed by atoms with Crippen molar-refractivity contribution in [3.8, 4) is 11.4 Å². The highest BCUT2D eigenvalue weighted by atomic mass is 35.5. The van der Waals surface area contributed by atoms with Gasteiger partial charge in [-0.2, -0.15) is 5.10 Å². The fourth-order valence-corrected chi connectivity index (χ4v) is 5.07. The molecule has 0 radical (unpaired) electrons. The van der Waals surface area contributed by atoms with Crippen LogP contribution in [-0.2, 0) is 11.2 Å². The number of halogens is 1. The van der Waals surface area contributed by atoms with Crippen molar-refractivity contribution in [2.45, 2.75) is 12.8 Å². The molecule has 1 fully saturated rings. The van der Waals surface area contributed by atoms with Gasteiger partial charge in [0.25, 0.3) is 5.91 Å². The van der Waals surface area contributed by atoms with Crippen LogP contribution < -0.4 is 9.64 Å². The molecule has 2 aromatic heterocycles. The normalized spacial score (nSPS) is 13.8. The quantitative estimate of drug-likeness (QED) is 0.277. The van der Waals surface area contributed by atoms with Crippen LogP contribution in [0.25, 0.3) is 16.7 Å². The largest absolute Gasteiger partial charge is 0.484 e. The fourth-order valence-electron chi connectivity index (χ4n) is 4.94. The van der Waals surface area contributed by atoms with Gasteiger partial charge in [-0.15, -0.1) is 0 Å². The minimum Gasteiger partial charge on any atom is -0.484 e. The molecule has 0 unspecified atom stereocenters. The van der Waals surface area contributed by atoms with Crippen LogP contribution in [0.1, 0.15) is 17.8 Å². The Labute approximate surface area is 237 Å². The van der Waals surface area contributed by atoms with Gasteiger partial charge in [-0.25, -0.2) is 14.6 Å². The van der Waals surface area contributed by atoms with Gasteiger partial charge in [0.15, 0.2) is 12.3 Å². The predicted octanol–water partition coefficient (Wildman–Crippen LogP) is 5.18. The maximum absolute atomic E-state index is 13.0. The van der Waals surface area contributed by atoms with Crippen molar-refractivity contribution in [1.82, 2.24) is 24.6 Å². The van der Waals surface area contributed by atoms with Crippen LogP contribution in [0.3, 0.4) is 0 Å². The predicted molar refractivity (Wildman–Crippen MR) is 156 cm³/mol. The first-order valence-electron chi connectivity index (χ1n) is 13.4. The van der Waals surface area contributed by atoms with Crippen LogP contribution in [0.5, 0.6) is 5.75 Å². The van der Waals surface area contributed by atoms with E-state index in [2.05, 4.69) is 17.0 Å². The molecule has 3 aromatic carbocycles. The van der Waals surface area contributed by atoms with Crippen molar-refractivity contribution in [2.75, 3.05) is 37.7 Å². The molecular weight excluding hydrogens is 524 g/mol.